The molecule has 2 N–H and O–H groups in total. The second-order valence-electron chi connectivity index (χ2n) is 6.40. The molecule has 29 heavy (non-hydrogen) atoms. The maximum atomic E-state index is 12.2. The van der Waals surface area contributed by atoms with Gasteiger partial charge in [0.25, 0.3) is 0 Å². The number of amides is 2. The van der Waals surface area contributed by atoms with Crippen LogP contribution in [0.15, 0.2) is 55.5 Å². The minimum atomic E-state index is -0.341. The van der Waals surface area contributed by atoms with Crippen molar-refractivity contribution in [2.45, 2.75) is 13.5 Å². The molecule has 4 aromatic heterocycles. The van der Waals surface area contributed by atoms with Crippen molar-refractivity contribution < 1.29 is 4.79 Å². The Kier molecular flexibility index (Phi) is 4.97. The topological polar surface area (TPSA) is 115 Å². The van der Waals surface area contributed by atoms with Crippen molar-refractivity contribution in [1.82, 2.24) is 39.8 Å². The first-order valence-electron chi connectivity index (χ1n) is 8.90. The zero-order valence-electron chi connectivity index (χ0n) is 15.9. The fraction of sp³-hybridized carbons (Fsp3) is 0.158. The molecule has 0 bridgehead atoms. The minimum absolute atomic E-state index is 0.337. The first kappa shape index (κ1) is 18.3. The van der Waals surface area contributed by atoms with Crippen LogP contribution in [0.5, 0.6) is 0 Å². The molecule has 0 unspecified atom stereocenters. The number of nitrogens with zero attached hydrogens (tertiary/aromatic N) is 7. The molecule has 146 valence electrons. The Morgan fingerprint density at radius 2 is 2.03 bits per heavy atom. The van der Waals surface area contributed by atoms with Gasteiger partial charge in [0.05, 0.1) is 6.20 Å². The molecule has 10 heteroatoms. The first-order chi connectivity index (χ1) is 14.1. The lowest BCUT2D eigenvalue weighted by atomic mass is 10.1. The summed E-state index contributed by atoms with van der Waals surface area (Å²) < 4.78 is 3.30. The summed E-state index contributed by atoms with van der Waals surface area (Å²) in [6.07, 6.45) is 8.41. The van der Waals surface area contributed by atoms with Crippen molar-refractivity contribution >= 4 is 11.8 Å². The third kappa shape index (κ3) is 4.26. The third-order valence-corrected chi connectivity index (χ3v) is 4.26. The average molecular weight is 389 g/mol. The first-order valence-corrected chi connectivity index (χ1v) is 8.90. The maximum Gasteiger partial charge on any atom is 0.320 e. The van der Waals surface area contributed by atoms with Crippen LogP contribution >= 0.6 is 0 Å². The van der Waals surface area contributed by atoms with Gasteiger partial charge in [0, 0.05) is 42.8 Å². The van der Waals surface area contributed by atoms with Crippen molar-refractivity contribution in [2.24, 2.45) is 7.05 Å². The summed E-state index contributed by atoms with van der Waals surface area (Å²) in [5.41, 5.74) is 3.63. The number of hydrogen-bond acceptors (Lipinski definition) is 6. The predicted octanol–water partition coefficient (Wildman–Crippen LogP) is 2.09. The number of aromatic nitrogens is 7. The molecule has 0 fully saturated rings. The number of aryl methyl sites for hydroxylation is 2. The smallest absolute Gasteiger partial charge is 0.320 e. The van der Waals surface area contributed by atoms with E-state index in [9.17, 15) is 4.79 Å². The zero-order chi connectivity index (χ0) is 20.2. The molecule has 0 aliphatic carbocycles. The van der Waals surface area contributed by atoms with Gasteiger partial charge in [-0.15, -0.1) is 0 Å². The number of hydrogen-bond donors (Lipinski definition) is 2. The number of nitrogens with one attached hydrogen (secondary N) is 2. The van der Waals surface area contributed by atoms with Crippen LogP contribution in [0, 0.1) is 6.92 Å². The van der Waals surface area contributed by atoms with Crippen LogP contribution in [0.3, 0.4) is 0 Å². The van der Waals surface area contributed by atoms with E-state index in [1.54, 1.807) is 34.2 Å². The van der Waals surface area contributed by atoms with Crippen LogP contribution in [0.25, 0.3) is 16.9 Å². The summed E-state index contributed by atoms with van der Waals surface area (Å²) >= 11 is 0. The number of rotatable bonds is 5. The van der Waals surface area contributed by atoms with Gasteiger partial charge in [-0.05, 0) is 30.7 Å². The maximum absolute atomic E-state index is 12.2. The van der Waals surface area contributed by atoms with Crippen molar-refractivity contribution in [3.05, 3.63) is 66.8 Å². The van der Waals surface area contributed by atoms with Crippen molar-refractivity contribution in [1.29, 1.82) is 0 Å². The van der Waals surface area contributed by atoms with Crippen LogP contribution in [-0.4, -0.2) is 40.5 Å². The van der Waals surface area contributed by atoms with Gasteiger partial charge < -0.3 is 5.32 Å². The Balaban J connectivity index is 1.34. The molecule has 0 saturated heterocycles. The summed E-state index contributed by atoms with van der Waals surface area (Å²) in [5, 5.41) is 13.7. The lowest BCUT2D eigenvalue weighted by Crippen LogP contribution is -2.28. The van der Waals surface area contributed by atoms with E-state index >= 15 is 0 Å². The van der Waals surface area contributed by atoms with Gasteiger partial charge >= 0.3 is 6.03 Å². The highest BCUT2D eigenvalue weighted by molar-refractivity contribution is 5.88. The number of urea groups is 1. The Bertz CT molecular complexity index is 1120. The predicted molar refractivity (Wildman–Crippen MR) is 106 cm³/mol. The van der Waals surface area contributed by atoms with E-state index in [-0.39, 0.29) is 6.03 Å². The molecule has 0 spiro atoms. The molecule has 0 aromatic carbocycles. The molecule has 4 rings (SSSR count). The van der Waals surface area contributed by atoms with E-state index in [0.29, 0.717) is 18.2 Å². The standard InChI is InChI=1S/C19H19N9O/c1-13-16(15-9-23-27(2)10-15)4-5-17(25-13)26-19(29)22-8-14-3-6-18(21-7-14)28-12-20-11-24-28/h3-7,9-12H,8H2,1-2H3,(H2,22,25,26,29). The van der Waals surface area contributed by atoms with Crippen LogP contribution in [0.4, 0.5) is 10.6 Å². The Morgan fingerprint density at radius 3 is 2.69 bits per heavy atom. The fourth-order valence-corrected chi connectivity index (χ4v) is 2.82. The van der Waals surface area contributed by atoms with Crippen LogP contribution < -0.4 is 10.6 Å². The monoisotopic (exact) mass is 389 g/mol. The summed E-state index contributed by atoms with van der Waals surface area (Å²) in [4.78, 5) is 24.8. The second-order valence-corrected chi connectivity index (χ2v) is 6.40. The lowest BCUT2D eigenvalue weighted by Gasteiger charge is -2.09. The molecule has 0 atom stereocenters. The van der Waals surface area contributed by atoms with Gasteiger partial charge in [0.1, 0.15) is 18.5 Å². The molecule has 2 amide bonds. The third-order valence-electron chi connectivity index (χ3n) is 4.26. The van der Waals surface area contributed by atoms with Crippen LogP contribution in [0.2, 0.25) is 0 Å². The van der Waals surface area contributed by atoms with E-state index in [1.807, 2.05) is 38.4 Å². The van der Waals surface area contributed by atoms with E-state index < -0.39 is 0 Å². The summed E-state index contributed by atoms with van der Waals surface area (Å²) in [6, 6.07) is 7.03. The van der Waals surface area contributed by atoms with Crippen molar-refractivity contribution in [3.8, 4) is 16.9 Å². The van der Waals surface area contributed by atoms with E-state index in [1.165, 1.54) is 6.33 Å². The quantitative estimate of drug-likeness (QED) is 0.540. The van der Waals surface area contributed by atoms with Crippen LogP contribution in [0.1, 0.15) is 11.3 Å². The number of pyridine rings is 2. The molecular formula is C19H19N9O. The molecule has 0 aliphatic heterocycles. The molecule has 10 nitrogen and oxygen atoms in total. The minimum Gasteiger partial charge on any atom is -0.334 e. The van der Waals surface area contributed by atoms with Gasteiger partial charge in [0.2, 0.25) is 0 Å². The number of carbonyl (C=O) groups is 1. The molecule has 0 radical (unpaired) electrons. The van der Waals surface area contributed by atoms with Gasteiger partial charge in [-0.2, -0.15) is 10.2 Å². The average Bonchev–Trinajstić information content (AvgIpc) is 3.39. The molecule has 4 heterocycles. The van der Waals surface area contributed by atoms with Gasteiger partial charge in [-0.1, -0.05) is 6.07 Å². The zero-order valence-corrected chi connectivity index (χ0v) is 15.9. The van der Waals surface area contributed by atoms with E-state index in [4.69, 9.17) is 0 Å². The fourth-order valence-electron chi connectivity index (χ4n) is 2.82. The normalized spacial score (nSPS) is 10.7. The Labute approximate surface area is 166 Å². The van der Waals surface area contributed by atoms with Crippen molar-refractivity contribution in [3.63, 3.8) is 0 Å². The number of anilines is 1. The SMILES string of the molecule is Cc1nc(NC(=O)NCc2ccc(-n3cncn3)nc2)ccc1-c1cnn(C)c1. The molecule has 0 saturated carbocycles. The Hall–Kier alpha value is -4.08. The largest absolute Gasteiger partial charge is 0.334 e. The summed E-state index contributed by atoms with van der Waals surface area (Å²) in [5.74, 6) is 1.14. The summed E-state index contributed by atoms with van der Waals surface area (Å²) in [6.45, 7) is 2.23. The summed E-state index contributed by atoms with van der Waals surface area (Å²) in [7, 11) is 1.87. The molecule has 4 aromatic rings. The number of carbonyl (C=O) groups excluding carboxylic acids is 1. The van der Waals surface area contributed by atoms with E-state index in [0.717, 1.165) is 22.4 Å². The molecular weight excluding hydrogens is 370 g/mol. The highest BCUT2D eigenvalue weighted by atomic mass is 16.2. The van der Waals surface area contributed by atoms with Gasteiger partial charge in [-0.3, -0.25) is 10.00 Å². The van der Waals surface area contributed by atoms with E-state index in [2.05, 4.69) is 35.8 Å². The second kappa shape index (κ2) is 7.89. The lowest BCUT2D eigenvalue weighted by molar-refractivity contribution is 0.251. The Morgan fingerprint density at radius 1 is 1.14 bits per heavy atom. The van der Waals surface area contributed by atoms with Gasteiger partial charge in [-0.25, -0.2) is 24.4 Å². The highest BCUT2D eigenvalue weighted by Crippen LogP contribution is 2.22. The van der Waals surface area contributed by atoms with Crippen molar-refractivity contribution in [2.75, 3.05) is 5.32 Å². The van der Waals surface area contributed by atoms with Crippen LogP contribution in [-0.2, 0) is 13.6 Å². The highest BCUT2D eigenvalue weighted by Gasteiger charge is 2.09. The van der Waals surface area contributed by atoms with Gasteiger partial charge in [0.15, 0.2) is 5.82 Å². The molecule has 0 aliphatic rings.